The molecule has 0 saturated heterocycles. The van der Waals surface area contributed by atoms with Crippen LogP contribution in [0.2, 0.25) is 0 Å². The third kappa shape index (κ3) is 3.02. The third-order valence-electron chi connectivity index (χ3n) is 4.14. The number of benzene rings is 2. The Morgan fingerprint density at radius 2 is 1.68 bits per heavy atom. The molecule has 0 aliphatic carbocycles. The number of nitrogens with zero attached hydrogens (tertiary/aromatic N) is 4. The van der Waals surface area contributed by atoms with Crippen LogP contribution in [-0.4, -0.2) is 19.8 Å². The second kappa shape index (κ2) is 6.12. The zero-order valence-electron chi connectivity index (χ0n) is 14.0. The average Bonchev–Trinajstić information content (AvgIpc) is 2.89. The van der Waals surface area contributed by atoms with Gasteiger partial charge in [0.05, 0.1) is 12.2 Å². The summed E-state index contributed by atoms with van der Waals surface area (Å²) in [7, 11) is 0. The second-order valence-electron chi connectivity index (χ2n) is 6.01. The fraction of sp³-hybridized carbons (Fsp3) is 0.235. The van der Waals surface area contributed by atoms with E-state index in [0.29, 0.717) is 5.69 Å². The minimum Gasteiger partial charge on any atom is -0.398 e. The van der Waals surface area contributed by atoms with Gasteiger partial charge in [-0.3, -0.25) is 0 Å². The molecule has 0 aliphatic heterocycles. The Bertz CT molecular complexity index is 999. The molecule has 8 heteroatoms. The van der Waals surface area contributed by atoms with Gasteiger partial charge in [0.25, 0.3) is 0 Å². The summed E-state index contributed by atoms with van der Waals surface area (Å²) in [4.78, 5) is 12.5. The molecule has 0 saturated carbocycles. The maximum atomic E-state index is 13.7. The van der Waals surface area contributed by atoms with Crippen molar-refractivity contribution in [3.63, 3.8) is 0 Å². The molecule has 0 spiro atoms. The van der Waals surface area contributed by atoms with E-state index in [1.807, 2.05) is 26.0 Å². The van der Waals surface area contributed by atoms with Crippen molar-refractivity contribution in [2.75, 3.05) is 5.73 Å². The largest absolute Gasteiger partial charge is 0.398 e. The van der Waals surface area contributed by atoms with Gasteiger partial charge in [0.2, 0.25) is 0 Å². The zero-order valence-corrected chi connectivity index (χ0v) is 14.0. The van der Waals surface area contributed by atoms with E-state index >= 15 is 0 Å². The van der Waals surface area contributed by atoms with Crippen LogP contribution in [0.5, 0.6) is 0 Å². The van der Waals surface area contributed by atoms with E-state index in [2.05, 4.69) is 10.4 Å². The fourth-order valence-electron chi connectivity index (χ4n) is 2.71. The quantitative estimate of drug-likeness (QED) is 0.739. The average molecular weight is 345 g/mol. The zero-order chi connectivity index (χ0) is 18.3. The number of anilines is 1. The van der Waals surface area contributed by atoms with Gasteiger partial charge in [-0.2, -0.15) is 9.36 Å². The van der Waals surface area contributed by atoms with Gasteiger partial charge in [0, 0.05) is 23.4 Å². The smallest absolute Gasteiger partial charge is 0.368 e. The number of nitrogens with two attached hydrogens (primary N) is 1. The van der Waals surface area contributed by atoms with E-state index < -0.39 is 17.3 Å². The number of aromatic nitrogens is 4. The van der Waals surface area contributed by atoms with Crippen LogP contribution in [0.1, 0.15) is 22.3 Å². The van der Waals surface area contributed by atoms with Crippen molar-refractivity contribution < 1.29 is 8.78 Å². The predicted octanol–water partition coefficient (Wildman–Crippen LogP) is 2.26. The molecule has 0 unspecified atom stereocenters. The molecule has 1 heterocycles. The van der Waals surface area contributed by atoms with Crippen molar-refractivity contribution in [1.82, 2.24) is 19.8 Å². The van der Waals surface area contributed by atoms with E-state index in [4.69, 9.17) is 5.73 Å². The number of halogens is 2. The first-order valence-corrected chi connectivity index (χ1v) is 7.62. The predicted molar refractivity (Wildman–Crippen MR) is 89.7 cm³/mol. The molecule has 25 heavy (non-hydrogen) atoms. The molecule has 0 aliphatic rings. The minimum atomic E-state index is -0.788. The Labute approximate surface area is 142 Å². The normalized spacial score (nSPS) is 11.1. The maximum Gasteiger partial charge on any atom is 0.368 e. The Balaban J connectivity index is 2.02. The molecule has 1 aromatic heterocycles. The monoisotopic (exact) mass is 345 g/mol. The molecule has 0 fully saturated rings. The SMILES string of the molecule is Cc1cc(Cn2nnn(-c3cc(F)cc(F)c3C)c2=O)cc(C)c1N. The highest BCUT2D eigenvalue weighted by molar-refractivity contribution is 5.54. The Hall–Kier alpha value is -3.03. The van der Waals surface area contributed by atoms with E-state index in [1.54, 1.807) is 0 Å². The fourth-order valence-corrected chi connectivity index (χ4v) is 2.71. The van der Waals surface area contributed by atoms with E-state index in [-0.39, 0.29) is 17.8 Å². The van der Waals surface area contributed by atoms with Crippen molar-refractivity contribution >= 4 is 5.69 Å². The summed E-state index contributed by atoms with van der Waals surface area (Å²) < 4.78 is 29.2. The lowest BCUT2D eigenvalue weighted by Gasteiger charge is -2.08. The van der Waals surface area contributed by atoms with E-state index in [9.17, 15) is 13.6 Å². The molecule has 130 valence electrons. The van der Waals surface area contributed by atoms with Crippen molar-refractivity contribution in [1.29, 1.82) is 0 Å². The van der Waals surface area contributed by atoms with E-state index in [1.165, 1.54) is 6.92 Å². The molecule has 3 aromatic rings. The summed E-state index contributed by atoms with van der Waals surface area (Å²) in [6.07, 6.45) is 0. The highest BCUT2D eigenvalue weighted by atomic mass is 19.1. The highest BCUT2D eigenvalue weighted by Crippen LogP contribution is 2.19. The Morgan fingerprint density at radius 3 is 2.32 bits per heavy atom. The molecule has 3 rings (SSSR count). The topological polar surface area (TPSA) is 78.7 Å². The lowest BCUT2D eigenvalue weighted by Crippen LogP contribution is -2.25. The second-order valence-corrected chi connectivity index (χ2v) is 6.01. The summed E-state index contributed by atoms with van der Waals surface area (Å²) in [5.74, 6) is -1.54. The number of rotatable bonds is 3. The summed E-state index contributed by atoms with van der Waals surface area (Å²) in [6, 6.07) is 5.53. The molecule has 2 N–H and O–H groups in total. The number of hydrogen-bond donors (Lipinski definition) is 1. The molecule has 0 amide bonds. The van der Waals surface area contributed by atoms with Crippen LogP contribution in [0.4, 0.5) is 14.5 Å². The van der Waals surface area contributed by atoms with Crippen LogP contribution < -0.4 is 11.4 Å². The molecule has 2 aromatic carbocycles. The van der Waals surface area contributed by atoms with Crippen molar-refractivity contribution in [3.05, 3.63) is 68.6 Å². The first-order chi connectivity index (χ1) is 11.8. The molecule has 6 nitrogen and oxygen atoms in total. The van der Waals surface area contributed by atoms with Crippen LogP contribution >= 0.6 is 0 Å². The third-order valence-corrected chi connectivity index (χ3v) is 4.14. The van der Waals surface area contributed by atoms with Gasteiger partial charge in [0.15, 0.2) is 0 Å². The van der Waals surface area contributed by atoms with E-state index in [0.717, 1.165) is 38.2 Å². The van der Waals surface area contributed by atoms with Gasteiger partial charge in [0.1, 0.15) is 11.6 Å². The lowest BCUT2D eigenvalue weighted by atomic mass is 10.0. The molecular formula is C17H17F2N5O. The summed E-state index contributed by atoms with van der Waals surface area (Å²) in [5.41, 5.74) is 8.83. The van der Waals surface area contributed by atoms with Gasteiger partial charge >= 0.3 is 5.69 Å². The van der Waals surface area contributed by atoms with Crippen LogP contribution in [0.15, 0.2) is 29.1 Å². The first kappa shape index (κ1) is 16.8. The van der Waals surface area contributed by atoms with Gasteiger partial charge in [-0.05, 0) is 47.9 Å². The summed E-state index contributed by atoms with van der Waals surface area (Å²) in [6.45, 7) is 5.38. The van der Waals surface area contributed by atoms with Gasteiger partial charge in [-0.15, -0.1) is 0 Å². The van der Waals surface area contributed by atoms with Crippen LogP contribution in [0.25, 0.3) is 5.69 Å². The van der Waals surface area contributed by atoms with Crippen molar-refractivity contribution in [3.8, 4) is 5.69 Å². The van der Waals surface area contributed by atoms with Gasteiger partial charge in [-0.1, -0.05) is 12.1 Å². The van der Waals surface area contributed by atoms with Crippen molar-refractivity contribution in [2.45, 2.75) is 27.3 Å². The van der Waals surface area contributed by atoms with Gasteiger partial charge in [-0.25, -0.2) is 13.6 Å². The molecule has 0 atom stereocenters. The number of nitrogen functional groups attached to an aromatic ring is 1. The maximum absolute atomic E-state index is 13.7. The Morgan fingerprint density at radius 1 is 1.04 bits per heavy atom. The van der Waals surface area contributed by atoms with Crippen LogP contribution in [-0.2, 0) is 6.54 Å². The lowest BCUT2D eigenvalue weighted by molar-refractivity contribution is 0.572. The Kier molecular flexibility index (Phi) is 4.12. The summed E-state index contributed by atoms with van der Waals surface area (Å²) in [5, 5.41) is 7.56. The number of aryl methyl sites for hydroxylation is 2. The standard InChI is InChI=1S/C17H17F2N5O/c1-9-4-12(5-10(2)16(9)20)8-23-17(25)24(22-21-23)15-7-13(18)6-14(19)11(15)3/h4-7H,8,20H2,1-3H3. The molecule has 0 radical (unpaired) electrons. The highest BCUT2D eigenvalue weighted by Gasteiger charge is 2.15. The first-order valence-electron chi connectivity index (χ1n) is 7.62. The molecule has 0 bridgehead atoms. The summed E-state index contributed by atoms with van der Waals surface area (Å²) >= 11 is 0. The van der Waals surface area contributed by atoms with Crippen LogP contribution in [0, 0.1) is 32.4 Å². The number of tetrazole rings is 1. The molecular weight excluding hydrogens is 328 g/mol. The number of hydrogen-bond acceptors (Lipinski definition) is 4. The van der Waals surface area contributed by atoms with Crippen LogP contribution in [0.3, 0.4) is 0 Å². The minimum absolute atomic E-state index is 0.0263. The van der Waals surface area contributed by atoms with Gasteiger partial charge < -0.3 is 5.73 Å². The van der Waals surface area contributed by atoms with Crippen molar-refractivity contribution in [2.24, 2.45) is 0 Å².